The number of nitrogens with one attached hydrogen (secondary N) is 1. The van der Waals surface area contributed by atoms with E-state index in [9.17, 15) is 9.90 Å². The average molecular weight is 424 g/mol. The number of carbonyl (C=O) groups excluding carboxylic acids is 1. The van der Waals surface area contributed by atoms with Crippen molar-refractivity contribution in [3.63, 3.8) is 0 Å². The van der Waals surface area contributed by atoms with E-state index in [1.165, 1.54) is 0 Å². The highest BCUT2D eigenvalue weighted by Gasteiger charge is 2.57. The molecule has 30 heavy (non-hydrogen) atoms. The van der Waals surface area contributed by atoms with E-state index in [4.69, 9.17) is 23.7 Å². The number of hydrogen-bond acceptors (Lipinski definition) is 7. The number of rotatable bonds is 7. The number of aliphatic hydroxyl groups is 1. The van der Waals surface area contributed by atoms with Crippen molar-refractivity contribution in [1.29, 1.82) is 0 Å². The number of alkyl carbamates (subject to hydrolysis) is 1. The van der Waals surface area contributed by atoms with Crippen molar-refractivity contribution >= 4 is 6.09 Å². The Balaban J connectivity index is 1.67. The Kier molecular flexibility index (Phi) is 7.04. The molecule has 3 rings (SSSR count). The fourth-order valence-corrected chi connectivity index (χ4v) is 3.65. The van der Waals surface area contributed by atoms with E-state index in [0.717, 1.165) is 5.56 Å². The molecule has 8 heteroatoms. The SMILES string of the molecule is CC(C)(C)OC(=O)NC[C@H](CO)[C@H]1O[C@@H]2OC(C)(C)O[C@@H]2[C@H]1OCc1ccccc1. The van der Waals surface area contributed by atoms with Gasteiger partial charge in [0.25, 0.3) is 0 Å². The maximum absolute atomic E-state index is 12.0. The molecule has 0 unspecified atom stereocenters. The lowest BCUT2D eigenvalue weighted by molar-refractivity contribution is -0.226. The molecule has 2 aliphatic rings. The van der Waals surface area contributed by atoms with E-state index in [-0.39, 0.29) is 13.2 Å². The largest absolute Gasteiger partial charge is 0.444 e. The molecule has 1 amide bonds. The molecular formula is C22H33NO7. The first-order valence-corrected chi connectivity index (χ1v) is 10.3. The van der Waals surface area contributed by atoms with Gasteiger partial charge in [-0.15, -0.1) is 0 Å². The van der Waals surface area contributed by atoms with Crippen molar-refractivity contribution in [3.8, 4) is 0 Å². The van der Waals surface area contributed by atoms with Crippen molar-refractivity contribution in [2.24, 2.45) is 5.92 Å². The minimum Gasteiger partial charge on any atom is -0.444 e. The zero-order valence-electron chi connectivity index (χ0n) is 18.3. The van der Waals surface area contributed by atoms with Gasteiger partial charge in [0.15, 0.2) is 12.1 Å². The van der Waals surface area contributed by atoms with E-state index in [2.05, 4.69) is 5.32 Å². The second-order valence-corrected chi connectivity index (χ2v) is 9.16. The third-order valence-electron chi connectivity index (χ3n) is 4.92. The number of amides is 1. The Labute approximate surface area is 177 Å². The number of benzene rings is 1. The molecule has 2 saturated heterocycles. The predicted molar refractivity (Wildman–Crippen MR) is 109 cm³/mol. The van der Waals surface area contributed by atoms with E-state index in [1.54, 1.807) is 20.8 Å². The van der Waals surface area contributed by atoms with Crippen molar-refractivity contribution in [1.82, 2.24) is 5.32 Å². The quantitative estimate of drug-likeness (QED) is 0.696. The van der Waals surface area contributed by atoms with Crippen LogP contribution >= 0.6 is 0 Å². The Bertz CT molecular complexity index is 703. The van der Waals surface area contributed by atoms with E-state index < -0.39 is 48.0 Å². The Morgan fingerprint density at radius 3 is 2.57 bits per heavy atom. The molecule has 0 aromatic heterocycles. The molecule has 0 saturated carbocycles. The fourth-order valence-electron chi connectivity index (χ4n) is 3.65. The number of aliphatic hydroxyl groups excluding tert-OH is 1. The molecule has 2 fully saturated rings. The lowest BCUT2D eigenvalue weighted by atomic mass is 9.97. The van der Waals surface area contributed by atoms with Crippen LogP contribution in [0.25, 0.3) is 0 Å². The molecular weight excluding hydrogens is 390 g/mol. The van der Waals surface area contributed by atoms with Crippen LogP contribution in [-0.4, -0.2) is 60.3 Å². The van der Waals surface area contributed by atoms with Crippen LogP contribution in [0.4, 0.5) is 4.79 Å². The van der Waals surface area contributed by atoms with Crippen LogP contribution in [0.2, 0.25) is 0 Å². The van der Waals surface area contributed by atoms with Gasteiger partial charge < -0.3 is 34.1 Å². The van der Waals surface area contributed by atoms with E-state index >= 15 is 0 Å². The zero-order chi connectivity index (χ0) is 21.9. The first kappa shape index (κ1) is 23.0. The fraction of sp³-hybridized carbons (Fsp3) is 0.682. The summed E-state index contributed by atoms with van der Waals surface area (Å²) in [6, 6.07) is 9.80. The lowest BCUT2D eigenvalue weighted by Crippen LogP contribution is -2.46. The smallest absolute Gasteiger partial charge is 0.407 e. The van der Waals surface area contributed by atoms with Gasteiger partial charge in [-0.2, -0.15) is 0 Å². The molecule has 2 aliphatic heterocycles. The highest BCUT2D eigenvalue weighted by atomic mass is 16.8. The minimum absolute atomic E-state index is 0.171. The molecule has 2 N–H and O–H groups in total. The van der Waals surface area contributed by atoms with Crippen LogP contribution in [0, 0.1) is 5.92 Å². The molecule has 0 bridgehead atoms. The first-order valence-electron chi connectivity index (χ1n) is 10.3. The summed E-state index contributed by atoms with van der Waals surface area (Å²) in [5, 5.41) is 12.7. The topological polar surface area (TPSA) is 95.5 Å². The van der Waals surface area contributed by atoms with E-state index in [1.807, 2.05) is 44.2 Å². The van der Waals surface area contributed by atoms with Gasteiger partial charge in [0.1, 0.15) is 17.8 Å². The maximum atomic E-state index is 12.0. The summed E-state index contributed by atoms with van der Waals surface area (Å²) in [5.41, 5.74) is 0.416. The van der Waals surface area contributed by atoms with Crippen LogP contribution in [0.3, 0.4) is 0 Å². The van der Waals surface area contributed by atoms with Gasteiger partial charge in [-0.25, -0.2) is 4.79 Å². The molecule has 168 valence electrons. The summed E-state index contributed by atoms with van der Waals surface area (Å²) in [6.45, 7) is 9.37. The predicted octanol–water partition coefficient (Wildman–Crippen LogP) is 2.58. The Morgan fingerprint density at radius 2 is 1.93 bits per heavy atom. The highest BCUT2D eigenvalue weighted by molar-refractivity contribution is 5.67. The monoisotopic (exact) mass is 423 g/mol. The van der Waals surface area contributed by atoms with Crippen molar-refractivity contribution in [2.75, 3.05) is 13.2 Å². The van der Waals surface area contributed by atoms with Gasteiger partial charge in [0, 0.05) is 12.5 Å². The maximum Gasteiger partial charge on any atom is 0.407 e. The number of fused-ring (bicyclic) bond motifs is 1. The molecule has 1 aromatic rings. The Morgan fingerprint density at radius 1 is 1.23 bits per heavy atom. The summed E-state index contributed by atoms with van der Waals surface area (Å²) in [7, 11) is 0. The summed E-state index contributed by atoms with van der Waals surface area (Å²) in [5.74, 6) is -1.20. The third kappa shape index (κ3) is 5.92. The van der Waals surface area contributed by atoms with Crippen LogP contribution in [0.15, 0.2) is 30.3 Å². The van der Waals surface area contributed by atoms with Crippen molar-refractivity contribution in [2.45, 2.75) is 77.2 Å². The van der Waals surface area contributed by atoms with Gasteiger partial charge in [0.2, 0.25) is 0 Å². The van der Waals surface area contributed by atoms with Gasteiger partial charge in [-0.05, 0) is 40.2 Å². The molecule has 1 aromatic carbocycles. The van der Waals surface area contributed by atoms with Crippen LogP contribution in [-0.2, 0) is 30.3 Å². The normalized spacial score (nSPS) is 28.7. The molecule has 2 heterocycles. The average Bonchev–Trinajstić information content (AvgIpc) is 3.12. The van der Waals surface area contributed by atoms with Crippen LogP contribution in [0.1, 0.15) is 40.2 Å². The van der Waals surface area contributed by atoms with Gasteiger partial charge >= 0.3 is 6.09 Å². The lowest BCUT2D eigenvalue weighted by Gasteiger charge is -2.30. The van der Waals surface area contributed by atoms with Gasteiger partial charge in [0.05, 0.1) is 19.3 Å². The summed E-state index contributed by atoms with van der Waals surface area (Å²) >= 11 is 0. The second kappa shape index (κ2) is 9.20. The van der Waals surface area contributed by atoms with Crippen molar-refractivity contribution in [3.05, 3.63) is 35.9 Å². The van der Waals surface area contributed by atoms with Gasteiger partial charge in [-0.1, -0.05) is 30.3 Å². The number of carbonyl (C=O) groups is 1. The molecule has 8 nitrogen and oxygen atoms in total. The molecule has 0 spiro atoms. The molecule has 0 radical (unpaired) electrons. The zero-order valence-corrected chi connectivity index (χ0v) is 18.3. The molecule has 0 aliphatic carbocycles. The summed E-state index contributed by atoms with van der Waals surface area (Å²) in [6.07, 6.45) is -2.55. The molecule has 5 atom stereocenters. The second-order valence-electron chi connectivity index (χ2n) is 9.16. The van der Waals surface area contributed by atoms with Crippen LogP contribution < -0.4 is 5.32 Å². The summed E-state index contributed by atoms with van der Waals surface area (Å²) in [4.78, 5) is 12.0. The summed E-state index contributed by atoms with van der Waals surface area (Å²) < 4.78 is 29.4. The van der Waals surface area contributed by atoms with E-state index in [0.29, 0.717) is 6.61 Å². The number of hydrogen-bond donors (Lipinski definition) is 2. The van der Waals surface area contributed by atoms with Crippen LogP contribution in [0.5, 0.6) is 0 Å². The Hall–Kier alpha value is -1.71. The first-order chi connectivity index (χ1) is 14.1. The minimum atomic E-state index is -0.780. The van der Waals surface area contributed by atoms with Crippen molar-refractivity contribution < 1.29 is 33.6 Å². The third-order valence-corrected chi connectivity index (χ3v) is 4.92. The number of ether oxygens (including phenoxy) is 5. The van der Waals surface area contributed by atoms with Gasteiger partial charge in [-0.3, -0.25) is 0 Å². The standard InChI is InChI=1S/C22H33NO7/c1-21(2,3)30-20(25)23-11-15(12-24)16-17(26-13-14-9-7-6-8-10-14)18-19(27-16)29-22(4,5)28-18/h6-10,15-19,24H,11-13H2,1-5H3,(H,23,25)/t15-,16-,17+,18-,19-/m1/s1. The highest BCUT2D eigenvalue weighted by Crippen LogP contribution is 2.41.